The average molecular weight is 674 g/mol. The first kappa shape index (κ1) is 27.9. The van der Waals surface area contributed by atoms with Crippen molar-refractivity contribution in [3.05, 3.63) is 192 Å². The van der Waals surface area contributed by atoms with Crippen LogP contribution in [0.15, 0.2) is 170 Å². The predicted molar refractivity (Wildman–Crippen MR) is 215 cm³/mol. The maximum Gasteiger partial charge on any atom is 0.260 e. The maximum atomic E-state index is 6.84. The molecule has 0 saturated heterocycles. The summed E-state index contributed by atoms with van der Waals surface area (Å²) in [6.45, 7) is 0.0237. The minimum Gasteiger partial charge on any atom is -0.458 e. The summed E-state index contributed by atoms with van der Waals surface area (Å²) in [6, 6.07) is 62.0. The number of nitrogens with zero attached hydrogens (tertiary/aromatic N) is 1. The lowest BCUT2D eigenvalue weighted by Crippen LogP contribution is -2.57. The van der Waals surface area contributed by atoms with Gasteiger partial charge in [-0.05, 0) is 68.1 Å². The van der Waals surface area contributed by atoms with Crippen LogP contribution >= 0.6 is 0 Å². The first-order chi connectivity index (χ1) is 26.3. The molecular formula is C49H28BNO2. The minimum atomic E-state index is -0.497. The molecule has 0 fully saturated rings. The molecule has 0 atom stereocenters. The zero-order valence-electron chi connectivity index (χ0n) is 28.5. The van der Waals surface area contributed by atoms with E-state index in [9.17, 15) is 0 Å². The number of rotatable bonds is 1. The third kappa shape index (κ3) is 3.29. The van der Waals surface area contributed by atoms with Crippen LogP contribution in [0.25, 0.3) is 49.7 Å². The van der Waals surface area contributed by atoms with Crippen LogP contribution in [0.5, 0.6) is 23.0 Å². The number of hydrogen-bond donors (Lipinski definition) is 0. The second kappa shape index (κ2) is 9.75. The number of ether oxygens (including phenoxy) is 2. The summed E-state index contributed by atoms with van der Waals surface area (Å²) in [5.41, 5.74) is 16.8. The quantitative estimate of drug-likeness (QED) is 0.162. The van der Waals surface area contributed by atoms with E-state index in [0.29, 0.717) is 0 Å². The molecule has 8 aromatic carbocycles. The molecule has 2 aliphatic carbocycles. The molecular weight excluding hydrogens is 645 g/mol. The van der Waals surface area contributed by atoms with Crippen molar-refractivity contribution in [2.24, 2.45) is 0 Å². The van der Waals surface area contributed by atoms with Gasteiger partial charge in [-0.3, -0.25) is 0 Å². The van der Waals surface area contributed by atoms with Gasteiger partial charge < -0.3 is 14.0 Å². The van der Waals surface area contributed by atoms with Crippen molar-refractivity contribution in [1.29, 1.82) is 0 Å². The Morgan fingerprint density at radius 3 is 1.57 bits per heavy atom. The highest BCUT2D eigenvalue weighted by Crippen LogP contribution is 2.64. The van der Waals surface area contributed by atoms with Crippen LogP contribution in [0, 0.1) is 0 Å². The Labute approximate surface area is 306 Å². The molecule has 244 valence electrons. The first-order valence-corrected chi connectivity index (χ1v) is 18.4. The van der Waals surface area contributed by atoms with E-state index in [1.54, 1.807) is 0 Å². The SMILES string of the molecule is c1ccc2c(c1)Oc1cc(-n3c4ccccc4c4ccc5c(c43)C3(c4ccccc4-c4ccccc43)c3ccccc3-5)cc3c1B2c1ccccc1O3. The fourth-order valence-corrected chi connectivity index (χ4v) is 10.4. The van der Waals surface area contributed by atoms with Crippen LogP contribution in [0.3, 0.4) is 0 Å². The summed E-state index contributed by atoms with van der Waals surface area (Å²) in [4.78, 5) is 0. The van der Waals surface area contributed by atoms with Crippen molar-refractivity contribution in [2.45, 2.75) is 5.41 Å². The van der Waals surface area contributed by atoms with Crippen molar-refractivity contribution in [2.75, 3.05) is 0 Å². The minimum absolute atomic E-state index is 0.0237. The molecule has 0 N–H and O–H groups in total. The van der Waals surface area contributed by atoms with Crippen molar-refractivity contribution in [3.63, 3.8) is 0 Å². The Bertz CT molecular complexity index is 2970. The van der Waals surface area contributed by atoms with Gasteiger partial charge in [0.25, 0.3) is 6.71 Å². The molecule has 1 aromatic heterocycles. The standard InChI is InChI=1S/C49H28BNO2/c1-5-17-36-30(13-1)31-14-2-6-18-37(31)49(36)38-19-7-3-15-32(38)34-25-26-35-33-16-4-10-22-41(33)51(48(35)46(34)49)29-27-44-47-45(28-29)53-43-24-12-9-21-40(43)50(47)39-20-8-11-23-42(39)52-44/h1-28H. The summed E-state index contributed by atoms with van der Waals surface area (Å²) in [6.07, 6.45) is 0. The van der Waals surface area contributed by atoms with E-state index in [2.05, 4.69) is 174 Å². The zero-order chi connectivity index (χ0) is 34.4. The molecule has 9 aromatic rings. The summed E-state index contributed by atoms with van der Waals surface area (Å²) >= 11 is 0. The number of para-hydroxylation sites is 3. The van der Waals surface area contributed by atoms with Gasteiger partial charge in [-0.1, -0.05) is 140 Å². The first-order valence-electron chi connectivity index (χ1n) is 18.4. The molecule has 13 rings (SSSR count). The van der Waals surface area contributed by atoms with E-state index < -0.39 is 5.41 Å². The lowest BCUT2D eigenvalue weighted by atomic mass is 9.35. The molecule has 2 aliphatic heterocycles. The summed E-state index contributed by atoms with van der Waals surface area (Å²) in [5.74, 6) is 3.45. The van der Waals surface area contributed by atoms with Crippen molar-refractivity contribution < 1.29 is 9.47 Å². The Balaban J connectivity index is 1.18. The van der Waals surface area contributed by atoms with E-state index in [1.165, 1.54) is 60.8 Å². The zero-order valence-corrected chi connectivity index (χ0v) is 28.5. The highest BCUT2D eigenvalue weighted by Gasteiger charge is 2.53. The predicted octanol–water partition coefficient (Wildman–Crippen LogP) is 9.85. The molecule has 0 bridgehead atoms. The van der Waals surface area contributed by atoms with Gasteiger partial charge in [0.2, 0.25) is 0 Å². The summed E-state index contributed by atoms with van der Waals surface area (Å²) in [5, 5.41) is 2.45. The van der Waals surface area contributed by atoms with E-state index in [-0.39, 0.29) is 6.71 Å². The van der Waals surface area contributed by atoms with Gasteiger partial charge in [0.1, 0.15) is 23.0 Å². The summed E-state index contributed by atoms with van der Waals surface area (Å²) in [7, 11) is 0. The van der Waals surface area contributed by atoms with Gasteiger partial charge in [0, 0.05) is 33.9 Å². The van der Waals surface area contributed by atoms with Crippen molar-refractivity contribution in [1.82, 2.24) is 4.57 Å². The van der Waals surface area contributed by atoms with Gasteiger partial charge in [-0.25, -0.2) is 0 Å². The number of fused-ring (bicyclic) bond motifs is 18. The molecule has 3 heterocycles. The Morgan fingerprint density at radius 2 is 0.943 bits per heavy atom. The van der Waals surface area contributed by atoms with Gasteiger partial charge in [-0.2, -0.15) is 0 Å². The second-order valence-electron chi connectivity index (χ2n) is 14.7. The lowest BCUT2D eigenvalue weighted by Gasteiger charge is -2.33. The smallest absolute Gasteiger partial charge is 0.260 e. The van der Waals surface area contributed by atoms with Crippen LogP contribution in [-0.4, -0.2) is 11.3 Å². The van der Waals surface area contributed by atoms with E-state index in [1.807, 2.05) is 0 Å². The Kier molecular flexibility index (Phi) is 5.13. The van der Waals surface area contributed by atoms with Crippen LogP contribution < -0.4 is 25.9 Å². The number of hydrogen-bond acceptors (Lipinski definition) is 2. The Morgan fingerprint density at radius 1 is 0.434 bits per heavy atom. The van der Waals surface area contributed by atoms with Crippen LogP contribution in [0.2, 0.25) is 0 Å². The lowest BCUT2D eigenvalue weighted by molar-refractivity contribution is 0.464. The van der Waals surface area contributed by atoms with Crippen molar-refractivity contribution >= 4 is 44.9 Å². The van der Waals surface area contributed by atoms with Crippen molar-refractivity contribution in [3.8, 4) is 50.9 Å². The topological polar surface area (TPSA) is 23.4 Å². The monoisotopic (exact) mass is 673 g/mol. The number of aromatic nitrogens is 1. The van der Waals surface area contributed by atoms with E-state index in [0.717, 1.165) is 50.6 Å². The van der Waals surface area contributed by atoms with Crippen LogP contribution in [-0.2, 0) is 5.41 Å². The molecule has 4 aliphatic rings. The largest absolute Gasteiger partial charge is 0.458 e. The van der Waals surface area contributed by atoms with Gasteiger partial charge in [-0.15, -0.1) is 0 Å². The highest BCUT2D eigenvalue weighted by atomic mass is 16.5. The third-order valence-corrected chi connectivity index (χ3v) is 12.3. The normalized spacial score (nSPS) is 14.5. The van der Waals surface area contributed by atoms with E-state index in [4.69, 9.17) is 9.47 Å². The molecule has 0 saturated carbocycles. The maximum absolute atomic E-state index is 6.84. The van der Waals surface area contributed by atoms with Gasteiger partial charge >= 0.3 is 0 Å². The molecule has 1 spiro atoms. The summed E-state index contributed by atoms with van der Waals surface area (Å²) < 4.78 is 16.2. The fraction of sp³-hybridized carbons (Fsp3) is 0.0204. The molecule has 0 unspecified atom stereocenters. The van der Waals surface area contributed by atoms with E-state index >= 15 is 0 Å². The molecule has 3 nitrogen and oxygen atoms in total. The molecule has 4 heteroatoms. The Hall–Kier alpha value is -6.78. The third-order valence-electron chi connectivity index (χ3n) is 12.3. The van der Waals surface area contributed by atoms with Crippen LogP contribution in [0.4, 0.5) is 0 Å². The average Bonchev–Trinajstić information content (AvgIpc) is 3.82. The molecule has 53 heavy (non-hydrogen) atoms. The molecule has 0 amide bonds. The van der Waals surface area contributed by atoms with Crippen LogP contribution in [0.1, 0.15) is 22.3 Å². The fourth-order valence-electron chi connectivity index (χ4n) is 10.4. The highest BCUT2D eigenvalue weighted by molar-refractivity contribution is 6.98. The van der Waals surface area contributed by atoms with Gasteiger partial charge in [0.15, 0.2) is 0 Å². The second-order valence-corrected chi connectivity index (χ2v) is 14.7. The van der Waals surface area contributed by atoms with Gasteiger partial charge in [0.05, 0.1) is 22.1 Å². The molecule has 0 radical (unpaired) electrons. The number of benzene rings is 8.